The number of hydrogen-bond donors (Lipinski definition) is 2. The maximum atomic E-state index is 12.2. The first-order chi connectivity index (χ1) is 8.18. The molecule has 0 unspecified atom stereocenters. The van der Waals surface area contributed by atoms with Crippen molar-refractivity contribution in [3.8, 4) is 0 Å². The molecule has 0 aliphatic rings. The summed E-state index contributed by atoms with van der Waals surface area (Å²) in [6, 6.07) is 7.90. The second kappa shape index (κ2) is 6.40. The molecule has 0 atom stereocenters. The highest BCUT2D eigenvalue weighted by atomic mass is 35.5. The number of amides is 1. The van der Waals surface area contributed by atoms with Crippen LogP contribution in [0.4, 0.5) is 5.69 Å². The summed E-state index contributed by atoms with van der Waals surface area (Å²) in [6.07, 6.45) is 0. The Morgan fingerprint density at radius 3 is 2.16 bits per heavy atom. The fraction of sp³-hybridized carbons (Fsp3) is 0.533. The van der Waals surface area contributed by atoms with Crippen LogP contribution in [0.3, 0.4) is 0 Å². The number of anilines is 1. The minimum atomic E-state index is -0.551. The number of carbonyl (C=O) groups is 1. The van der Waals surface area contributed by atoms with Crippen molar-refractivity contribution in [2.24, 2.45) is 11.1 Å². The highest BCUT2D eigenvalue weighted by molar-refractivity contribution is 5.95. The van der Waals surface area contributed by atoms with E-state index in [9.17, 15) is 4.79 Å². The quantitative estimate of drug-likeness (QED) is 0.894. The van der Waals surface area contributed by atoms with Crippen LogP contribution >= 0.6 is 12.4 Å². The normalized spacial score (nSPS) is 11.7. The van der Waals surface area contributed by atoms with E-state index < -0.39 is 5.41 Å². The predicted octanol–water partition coefficient (Wildman–Crippen LogP) is 3.33. The van der Waals surface area contributed by atoms with Crippen LogP contribution in [-0.2, 0) is 10.2 Å². The molecule has 1 aromatic carbocycles. The molecule has 108 valence electrons. The van der Waals surface area contributed by atoms with Crippen LogP contribution in [0.2, 0.25) is 0 Å². The highest BCUT2D eigenvalue weighted by Crippen LogP contribution is 2.30. The summed E-state index contributed by atoms with van der Waals surface area (Å²) in [4.78, 5) is 12.2. The van der Waals surface area contributed by atoms with Gasteiger partial charge < -0.3 is 11.1 Å². The topological polar surface area (TPSA) is 55.1 Å². The summed E-state index contributed by atoms with van der Waals surface area (Å²) in [5.41, 5.74) is 7.07. The van der Waals surface area contributed by atoms with Gasteiger partial charge in [0, 0.05) is 12.2 Å². The number of carbonyl (C=O) groups excluding carboxylic acids is 1. The summed E-state index contributed by atoms with van der Waals surface area (Å²) in [5.74, 6) is -0.0401. The fourth-order valence-corrected chi connectivity index (χ4v) is 1.63. The van der Waals surface area contributed by atoms with Gasteiger partial charge in [0.25, 0.3) is 0 Å². The summed E-state index contributed by atoms with van der Waals surface area (Å²) in [5, 5.41) is 2.99. The average Bonchev–Trinajstić information content (AvgIpc) is 2.28. The van der Waals surface area contributed by atoms with Crippen LogP contribution in [-0.4, -0.2) is 12.5 Å². The average molecular weight is 285 g/mol. The van der Waals surface area contributed by atoms with E-state index in [-0.39, 0.29) is 23.7 Å². The monoisotopic (exact) mass is 284 g/mol. The smallest absolute Gasteiger partial charge is 0.231 e. The number of halogens is 1. The Labute approximate surface area is 122 Å². The lowest BCUT2D eigenvalue weighted by Gasteiger charge is -2.26. The van der Waals surface area contributed by atoms with Crippen molar-refractivity contribution >= 4 is 24.0 Å². The molecule has 3 nitrogen and oxygen atoms in total. The fourth-order valence-electron chi connectivity index (χ4n) is 1.63. The van der Waals surface area contributed by atoms with Gasteiger partial charge >= 0.3 is 0 Å². The molecule has 0 aliphatic carbocycles. The van der Waals surface area contributed by atoms with E-state index >= 15 is 0 Å². The molecule has 1 amide bonds. The van der Waals surface area contributed by atoms with E-state index in [2.05, 4.69) is 26.1 Å². The number of nitrogens with one attached hydrogen (secondary N) is 1. The minimum Gasteiger partial charge on any atom is -0.329 e. The van der Waals surface area contributed by atoms with Crippen molar-refractivity contribution in [3.05, 3.63) is 29.8 Å². The SMILES string of the molecule is CC(C)(CN)C(=O)Nc1ccccc1C(C)(C)C.Cl. The van der Waals surface area contributed by atoms with E-state index in [1.54, 1.807) is 0 Å². The van der Waals surface area contributed by atoms with Gasteiger partial charge in [-0.05, 0) is 30.9 Å². The van der Waals surface area contributed by atoms with Crippen LogP contribution in [0.15, 0.2) is 24.3 Å². The summed E-state index contributed by atoms with van der Waals surface area (Å²) in [6.45, 7) is 10.4. The van der Waals surface area contributed by atoms with Crippen molar-refractivity contribution in [1.29, 1.82) is 0 Å². The standard InChI is InChI=1S/C15H24N2O.ClH/c1-14(2,3)11-8-6-7-9-12(11)17-13(18)15(4,5)10-16;/h6-9H,10,16H2,1-5H3,(H,17,18);1H. The third-order valence-corrected chi connectivity index (χ3v) is 3.11. The van der Waals surface area contributed by atoms with Crippen molar-refractivity contribution in [2.75, 3.05) is 11.9 Å². The summed E-state index contributed by atoms with van der Waals surface area (Å²) in [7, 11) is 0. The summed E-state index contributed by atoms with van der Waals surface area (Å²) >= 11 is 0. The molecule has 0 bridgehead atoms. The van der Waals surface area contributed by atoms with Crippen molar-refractivity contribution in [3.63, 3.8) is 0 Å². The molecular weight excluding hydrogens is 260 g/mol. The number of nitrogens with two attached hydrogens (primary N) is 1. The first-order valence-corrected chi connectivity index (χ1v) is 6.29. The molecule has 0 saturated carbocycles. The zero-order chi connectivity index (χ0) is 14.0. The zero-order valence-electron chi connectivity index (χ0n) is 12.4. The lowest BCUT2D eigenvalue weighted by Crippen LogP contribution is -2.37. The molecule has 0 saturated heterocycles. The molecule has 4 heteroatoms. The van der Waals surface area contributed by atoms with Gasteiger partial charge in [-0.3, -0.25) is 4.79 Å². The number of para-hydroxylation sites is 1. The predicted molar refractivity (Wildman–Crippen MR) is 83.9 cm³/mol. The molecule has 0 heterocycles. The van der Waals surface area contributed by atoms with Gasteiger partial charge in [0.1, 0.15) is 0 Å². The van der Waals surface area contributed by atoms with Gasteiger partial charge in [0.15, 0.2) is 0 Å². The van der Waals surface area contributed by atoms with Gasteiger partial charge in [-0.2, -0.15) is 0 Å². The number of hydrogen-bond acceptors (Lipinski definition) is 2. The minimum absolute atomic E-state index is 0. The van der Waals surface area contributed by atoms with E-state index in [1.807, 2.05) is 38.1 Å². The van der Waals surface area contributed by atoms with E-state index in [0.717, 1.165) is 11.3 Å². The van der Waals surface area contributed by atoms with Crippen LogP contribution in [0.1, 0.15) is 40.2 Å². The first-order valence-electron chi connectivity index (χ1n) is 6.29. The first kappa shape index (κ1) is 17.9. The third kappa shape index (κ3) is 4.51. The van der Waals surface area contributed by atoms with Crippen LogP contribution in [0.25, 0.3) is 0 Å². The maximum Gasteiger partial charge on any atom is 0.231 e. The molecule has 19 heavy (non-hydrogen) atoms. The Morgan fingerprint density at radius 1 is 1.16 bits per heavy atom. The molecule has 0 aromatic heterocycles. The molecule has 0 fully saturated rings. The van der Waals surface area contributed by atoms with Crippen molar-refractivity contribution < 1.29 is 4.79 Å². The molecule has 0 aliphatic heterocycles. The Morgan fingerprint density at radius 2 is 1.68 bits per heavy atom. The van der Waals surface area contributed by atoms with Crippen LogP contribution in [0, 0.1) is 5.41 Å². The second-order valence-electron chi connectivity index (χ2n) is 6.34. The van der Waals surface area contributed by atoms with Crippen LogP contribution in [0.5, 0.6) is 0 Å². The molecule has 3 N–H and O–H groups in total. The van der Waals surface area contributed by atoms with Crippen LogP contribution < -0.4 is 11.1 Å². The van der Waals surface area contributed by atoms with Gasteiger partial charge in [-0.25, -0.2) is 0 Å². The van der Waals surface area contributed by atoms with Gasteiger partial charge in [-0.15, -0.1) is 12.4 Å². The maximum absolute atomic E-state index is 12.2. The Bertz CT molecular complexity index is 436. The van der Waals surface area contributed by atoms with Gasteiger partial charge in [0.2, 0.25) is 5.91 Å². The number of rotatable bonds is 3. The lowest BCUT2D eigenvalue weighted by molar-refractivity contribution is -0.123. The van der Waals surface area contributed by atoms with E-state index in [4.69, 9.17) is 5.73 Å². The van der Waals surface area contributed by atoms with E-state index in [1.165, 1.54) is 0 Å². The zero-order valence-corrected chi connectivity index (χ0v) is 13.2. The van der Waals surface area contributed by atoms with Gasteiger partial charge in [-0.1, -0.05) is 39.0 Å². The van der Waals surface area contributed by atoms with E-state index in [0.29, 0.717) is 6.54 Å². The van der Waals surface area contributed by atoms with Crippen molar-refractivity contribution in [1.82, 2.24) is 0 Å². The van der Waals surface area contributed by atoms with Gasteiger partial charge in [0.05, 0.1) is 5.41 Å². The molecule has 1 aromatic rings. The molecule has 0 spiro atoms. The third-order valence-electron chi connectivity index (χ3n) is 3.11. The molecule has 0 radical (unpaired) electrons. The second-order valence-corrected chi connectivity index (χ2v) is 6.34. The van der Waals surface area contributed by atoms with Crippen molar-refractivity contribution in [2.45, 2.75) is 40.0 Å². The largest absolute Gasteiger partial charge is 0.329 e. The lowest BCUT2D eigenvalue weighted by atomic mass is 9.85. The summed E-state index contributed by atoms with van der Waals surface area (Å²) < 4.78 is 0. The number of benzene rings is 1. The molecule has 1 rings (SSSR count). The Kier molecular flexibility index (Phi) is 6.04. The molecular formula is C15H25ClN2O. The Hall–Kier alpha value is -1.06. The highest BCUT2D eigenvalue weighted by Gasteiger charge is 2.27. The Balaban J connectivity index is 0.00000324.